The molecule has 2 aromatic heterocycles. The standard InChI is InChI=1S/C13H12N2O5/c16-12(15-5-1-3-9(15)13(17)18)8-7-11(20-14-8)10-4-2-6-19-10/h2,4,6-7,9H,1,3,5H2,(H,17,18). The number of amides is 1. The quantitative estimate of drug-likeness (QED) is 0.915. The molecule has 0 radical (unpaired) electrons. The van der Waals surface area contributed by atoms with Gasteiger partial charge >= 0.3 is 5.97 Å². The fourth-order valence-electron chi connectivity index (χ4n) is 2.32. The van der Waals surface area contributed by atoms with Gasteiger partial charge in [-0.2, -0.15) is 0 Å². The molecule has 1 N–H and O–H groups in total. The third kappa shape index (κ3) is 2.07. The number of carboxylic acids is 1. The monoisotopic (exact) mass is 276 g/mol. The van der Waals surface area contributed by atoms with Crippen LogP contribution < -0.4 is 0 Å². The fourth-order valence-corrected chi connectivity index (χ4v) is 2.32. The molecule has 0 aliphatic carbocycles. The maximum atomic E-state index is 12.3. The van der Waals surface area contributed by atoms with Gasteiger partial charge in [0.05, 0.1) is 6.26 Å². The Hall–Kier alpha value is -2.57. The number of hydrogen-bond donors (Lipinski definition) is 1. The average Bonchev–Trinajstić information content (AvgIpc) is 3.17. The zero-order valence-corrected chi connectivity index (χ0v) is 10.5. The van der Waals surface area contributed by atoms with E-state index >= 15 is 0 Å². The molecule has 3 heterocycles. The lowest BCUT2D eigenvalue weighted by atomic mass is 10.2. The van der Waals surface area contributed by atoms with Crippen LogP contribution in [0.4, 0.5) is 0 Å². The Labute approximate surface area is 113 Å². The molecule has 2 aromatic rings. The third-order valence-corrected chi connectivity index (χ3v) is 3.29. The summed E-state index contributed by atoms with van der Waals surface area (Å²) in [7, 11) is 0. The Kier molecular flexibility index (Phi) is 3.02. The van der Waals surface area contributed by atoms with E-state index in [0.29, 0.717) is 30.9 Å². The van der Waals surface area contributed by atoms with E-state index in [0.717, 1.165) is 0 Å². The van der Waals surface area contributed by atoms with Crippen LogP contribution in [0.25, 0.3) is 11.5 Å². The van der Waals surface area contributed by atoms with Crippen molar-refractivity contribution in [3.63, 3.8) is 0 Å². The van der Waals surface area contributed by atoms with Crippen molar-refractivity contribution in [2.24, 2.45) is 0 Å². The lowest BCUT2D eigenvalue weighted by Gasteiger charge is -2.19. The van der Waals surface area contributed by atoms with Crippen LogP contribution in [-0.4, -0.2) is 39.6 Å². The van der Waals surface area contributed by atoms with Crippen molar-refractivity contribution >= 4 is 11.9 Å². The number of likely N-dealkylation sites (tertiary alicyclic amines) is 1. The number of carbonyl (C=O) groups is 2. The molecule has 1 saturated heterocycles. The molecular formula is C13H12N2O5. The van der Waals surface area contributed by atoms with Crippen molar-refractivity contribution in [3.05, 3.63) is 30.2 Å². The summed E-state index contributed by atoms with van der Waals surface area (Å²) in [6.07, 6.45) is 2.62. The van der Waals surface area contributed by atoms with Crippen LogP contribution in [-0.2, 0) is 4.79 Å². The molecule has 3 rings (SSSR count). The largest absolute Gasteiger partial charge is 0.480 e. The number of hydrogen-bond acceptors (Lipinski definition) is 5. The van der Waals surface area contributed by atoms with Gasteiger partial charge in [-0.05, 0) is 25.0 Å². The predicted molar refractivity (Wildman–Crippen MR) is 65.9 cm³/mol. The van der Waals surface area contributed by atoms with E-state index in [2.05, 4.69) is 5.16 Å². The predicted octanol–water partition coefficient (Wildman–Crippen LogP) is 1.62. The van der Waals surface area contributed by atoms with Crippen LogP contribution in [0.1, 0.15) is 23.3 Å². The first-order valence-corrected chi connectivity index (χ1v) is 6.21. The number of carboxylic acid groups (broad SMARTS) is 1. The van der Waals surface area contributed by atoms with E-state index in [4.69, 9.17) is 14.0 Å². The molecule has 1 amide bonds. The molecule has 0 aromatic carbocycles. The smallest absolute Gasteiger partial charge is 0.326 e. The molecule has 0 bridgehead atoms. The lowest BCUT2D eigenvalue weighted by Crippen LogP contribution is -2.40. The topological polar surface area (TPSA) is 96.8 Å². The van der Waals surface area contributed by atoms with E-state index in [1.807, 2.05) is 0 Å². The Balaban J connectivity index is 1.83. The Morgan fingerprint density at radius 2 is 2.25 bits per heavy atom. The van der Waals surface area contributed by atoms with Gasteiger partial charge in [-0.25, -0.2) is 4.79 Å². The number of aliphatic carboxylic acids is 1. The highest BCUT2D eigenvalue weighted by molar-refractivity contribution is 5.95. The maximum absolute atomic E-state index is 12.3. The van der Waals surface area contributed by atoms with E-state index in [1.165, 1.54) is 17.2 Å². The summed E-state index contributed by atoms with van der Waals surface area (Å²) in [4.78, 5) is 24.7. The second-order valence-corrected chi connectivity index (χ2v) is 4.55. The van der Waals surface area contributed by atoms with E-state index in [1.54, 1.807) is 12.1 Å². The summed E-state index contributed by atoms with van der Waals surface area (Å²) >= 11 is 0. The van der Waals surface area contributed by atoms with Gasteiger partial charge in [-0.3, -0.25) is 4.79 Å². The fraction of sp³-hybridized carbons (Fsp3) is 0.308. The third-order valence-electron chi connectivity index (χ3n) is 3.29. The second-order valence-electron chi connectivity index (χ2n) is 4.55. The Morgan fingerprint density at radius 3 is 2.95 bits per heavy atom. The van der Waals surface area contributed by atoms with Gasteiger partial charge in [-0.15, -0.1) is 0 Å². The van der Waals surface area contributed by atoms with E-state index < -0.39 is 17.9 Å². The van der Waals surface area contributed by atoms with Crippen molar-refractivity contribution in [2.75, 3.05) is 6.54 Å². The highest BCUT2D eigenvalue weighted by atomic mass is 16.5. The highest BCUT2D eigenvalue weighted by Gasteiger charge is 2.35. The number of nitrogens with zero attached hydrogens (tertiary/aromatic N) is 2. The Bertz CT molecular complexity index is 631. The van der Waals surface area contributed by atoms with Crippen LogP contribution in [0.15, 0.2) is 33.4 Å². The molecule has 1 aliphatic rings. The molecule has 7 heteroatoms. The summed E-state index contributed by atoms with van der Waals surface area (Å²) < 4.78 is 10.2. The zero-order chi connectivity index (χ0) is 14.1. The minimum atomic E-state index is -0.995. The van der Waals surface area contributed by atoms with Crippen molar-refractivity contribution in [3.8, 4) is 11.5 Å². The minimum absolute atomic E-state index is 0.0875. The molecule has 0 spiro atoms. The minimum Gasteiger partial charge on any atom is -0.480 e. The zero-order valence-electron chi connectivity index (χ0n) is 10.5. The molecule has 104 valence electrons. The normalized spacial score (nSPS) is 18.4. The van der Waals surface area contributed by atoms with Crippen molar-refractivity contribution in [1.29, 1.82) is 0 Å². The Morgan fingerprint density at radius 1 is 1.40 bits per heavy atom. The molecule has 1 atom stereocenters. The summed E-state index contributed by atoms with van der Waals surface area (Å²) in [5.41, 5.74) is 0.0875. The number of aromatic nitrogens is 1. The molecule has 20 heavy (non-hydrogen) atoms. The van der Waals surface area contributed by atoms with Crippen molar-refractivity contribution < 1.29 is 23.6 Å². The van der Waals surface area contributed by atoms with Crippen LogP contribution >= 0.6 is 0 Å². The molecular weight excluding hydrogens is 264 g/mol. The van der Waals surface area contributed by atoms with E-state index in [-0.39, 0.29) is 5.69 Å². The summed E-state index contributed by atoms with van der Waals surface area (Å²) in [5.74, 6) is -0.626. The van der Waals surface area contributed by atoms with Crippen LogP contribution in [0.2, 0.25) is 0 Å². The summed E-state index contributed by atoms with van der Waals surface area (Å²) in [5, 5.41) is 12.8. The average molecular weight is 276 g/mol. The second kappa shape index (κ2) is 4.84. The molecule has 7 nitrogen and oxygen atoms in total. The van der Waals surface area contributed by atoms with Gasteiger partial charge < -0.3 is 18.9 Å². The number of furan rings is 1. The number of rotatable bonds is 3. The first kappa shape index (κ1) is 12.5. The van der Waals surface area contributed by atoms with Crippen molar-refractivity contribution in [2.45, 2.75) is 18.9 Å². The van der Waals surface area contributed by atoms with E-state index in [9.17, 15) is 9.59 Å². The van der Waals surface area contributed by atoms with Crippen LogP contribution in [0.3, 0.4) is 0 Å². The SMILES string of the molecule is O=C(O)C1CCCN1C(=O)c1cc(-c2ccco2)on1. The molecule has 1 fully saturated rings. The van der Waals surface area contributed by atoms with Crippen LogP contribution in [0.5, 0.6) is 0 Å². The molecule has 1 unspecified atom stereocenters. The highest BCUT2D eigenvalue weighted by Crippen LogP contribution is 2.24. The van der Waals surface area contributed by atoms with Gasteiger partial charge in [0, 0.05) is 12.6 Å². The van der Waals surface area contributed by atoms with Gasteiger partial charge in [0.1, 0.15) is 6.04 Å². The summed E-state index contributed by atoms with van der Waals surface area (Å²) in [6.45, 7) is 0.415. The molecule has 0 saturated carbocycles. The first-order chi connectivity index (χ1) is 9.66. The maximum Gasteiger partial charge on any atom is 0.326 e. The first-order valence-electron chi connectivity index (χ1n) is 6.21. The van der Waals surface area contributed by atoms with Gasteiger partial charge in [0.2, 0.25) is 5.76 Å². The van der Waals surface area contributed by atoms with Crippen LogP contribution in [0, 0.1) is 0 Å². The van der Waals surface area contributed by atoms with Gasteiger partial charge in [0.25, 0.3) is 5.91 Å². The molecule has 1 aliphatic heterocycles. The van der Waals surface area contributed by atoms with Crippen molar-refractivity contribution in [1.82, 2.24) is 10.1 Å². The summed E-state index contributed by atoms with van der Waals surface area (Å²) in [6, 6.07) is 4.05. The van der Waals surface area contributed by atoms with Gasteiger partial charge in [0.15, 0.2) is 11.5 Å². The lowest BCUT2D eigenvalue weighted by molar-refractivity contribution is -0.141. The van der Waals surface area contributed by atoms with Gasteiger partial charge in [-0.1, -0.05) is 5.16 Å². The number of carbonyl (C=O) groups excluding carboxylic acids is 1.